The average molecular weight is 285 g/mol. The minimum Gasteiger partial charge on any atom is -0.330 e. The zero-order chi connectivity index (χ0) is 14.8. The third-order valence-corrected chi connectivity index (χ3v) is 4.63. The van der Waals surface area contributed by atoms with Gasteiger partial charge in [-0.15, -0.1) is 0 Å². The normalized spacial score (nSPS) is 27.6. The number of benzene rings is 1. The predicted molar refractivity (Wildman–Crippen MR) is 74.3 cm³/mol. The van der Waals surface area contributed by atoms with Gasteiger partial charge in [0.2, 0.25) is 0 Å². The SMILES string of the molecule is CC1CCC(CN)(Cc2ccc(C(F)(F)F)cc2)CC1. The molecule has 0 bridgehead atoms. The van der Waals surface area contributed by atoms with Crippen LogP contribution in [0.2, 0.25) is 0 Å². The molecule has 1 nitrogen and oxygen atoms in total. The van der Waals surface area contributed by atoms with Gasteiger partial charge in [0.1, 0.15) is 0 Å². The van der Waals surface area contributed by atoms with Crippen LogP contribution in [-0.4, -0.2) is 6.54 Å². The van der Waals surface area contributed by atoms with Crippen LogP contribution in [0.15, 0.2) is 24.3 Å². The summed E-state index contributed by atoms with van der Waals surface area (Å²) < 4.78 is 37.6. The fourth-order valence-electron chi connectivity index (χ4n) is 3.07. The smallest absolute Gasteiger partial charge is 0.330 e. The summed E-state index contributed by atoms with van der Waals surface area (Å²) in [7, 11) is 0. The van der Waals surface area contributed by atoms with Crippen LogP contribution in [0.4, 0.5) is 13.2 Å². The van der Waals surface area contributed by atoms with Gasteiger partial charge in [-0.3, -0.25) is 0 Å². The molecule has 0 saturated heterocycles. The van der Waals surface area contributed by atoms with Crippen molar-refractivity contribution in [2.45, 2.75) is 45.2 Å². The van der Waals surface area contributed by atoms with E-state index in [2.05, 4.69) is 6.92 Å². The highest BCUT2D eigenvalue weighted by atomic mass is 19.4. The summed E-state index contributed by atoms with van der Waals surface area (Å²) in [4.78, 5) is 0. The van der Waals surface area contributed by atoms with E-state index in [9.17, 15) is 13.2 Å². The van der Waals surface area contributed by atoms with E-state index in [1.165, 1.54) is 12.1 Å². The Morgan fingerprint density at radius 3 is 2.15 bits per heavy atom. The van der Waals surface area contributed by atoms with E-state index in [0.717, 1.165) is 43.6 Å². The molecule has 1 fully saturated rings. The molecule has 2 N–H and O–H groups in total. The van der Waals surface area contributed by atoms with Gasteiger partial charge in [-0.05, 0) is 54.8 Å². The number of rotatable bonds is 3. The lowest BCUT2D eigenvalue weighted by atomic mass is 9.68. The molecule has 1 saturated carbocycles. The monoisotopic (exact) mass is 285 g/mol. The second kappa shape index (κ2) is 5.76. The molecule has 4 heteroatoms. The molecule has 1 aliphatic carbocycles. The van der Waals surface area contributed by atoms with Gasteiger partial charge >= 0.3 is 6.18 Å². The Morgan fingerprint density at radius 1 is 1.15 bits per heavy atom. The van der Waals surface area contributed by atoms with Crippen molar-refractivity contribution >= 4 is 0 Å². The highest BCUT2D eigenvalue weighted by molar-refractivity contribution is 5.25. The van der Waals surface area contributed by atoms with E-state index in [1.807, 2.05) is 0 Å². The van der Waals surface area contributed by atoms with Crippen molar-refractivity contribution in [1.29, 1.82) is 0 Å². The van der Waals surface area contributed by atoms with Crippen LogP contribution in [0.1, 0.15) is 43.7 Å². The minimum absolute atomic E-state index is 0.0757. The summed E-state index contributed by atoms with van der Waals surface area (Å²) in [5, 5.41) is 0. The summed E-state index contributed by atoms with van der Waals surface area (Å²) in [5.74, 6) is 0.738. The van der Waals surface area contributed by atoms with Gasteiger partial charge in [0.05, 0.1) is 5.56 Å². The highest BCUT2D eigenvalue weighted by Gasteiger charge is 2.34. The Morgan fingerprint density at radius 2 is 1.70 bits per heavy atom. The maximum Gasteiger partial charge on any atom is 0.416 e. The van der Waals surface area contributed by atoms with Crippen LogP contribution in [-0.2, 0) is 12.6 Å². The van der Waals surface area contributed by atoms with Gasteiger partial charge in [-0.25, -0.2) is 0 Å². The van der Waals surface area contributed by atoms with Crippen LogP contribution in [0.25, 0.3) is 0 Å². The lowest BCUT2D eigenvalue weighted by Crippen LogP contribution is -2.36. The largest absolute Gasteiger partial charge is 0.416 e. The minimum atomic E-state index is -4.26. The van der Waals surface area contributed by atoms with Gasteiger partial charge in [0.25, 0.3) is 0 Å². The van der Waals surface area contributed by atoms with Crippen LogP contribution in [0, 0.1) is 11.3 Å². The third kappa shape index (κ3) is 3.54. The van der Waals surface area contributed by atoms with Crippen LogP contribution in [0.5, 0.6) is 0 Å². The quantitative estimate of drug-likeness (QED) is 0.875. The Kier molecular flexibility index (Phi) is 4.43. The first-order valence-electron chi connectivity index (χ1n) is 7.21. The Bertz CT molecular complexity index is 428. The van der Waals surface area contributed by atoms with Crippen molar-refractivity contribution in [2.75, 3.05) is 6.54 Å². The van der Waals surface area contributed by atoms with Crippen LogP contribution in [0.3, 0.4) is 0 Å². The fraction of sp³-hybridized carbons (Fsp3) is 0.625. The maximum absolute atomic E-state index is 12.5. The van der Waals surface area contributed by atoms with E-state index in [0.29, 0.717) is 6.54 Å². The van der Waals surface area contributed by atoms with Crippen molar-refractivity contribution in [2.24, 2.45) is 17.1 Å². The molecule has 0 unspecified atom stereocenters. The lowest BCUT2D eigenvalue weighted by molar-refractivity contribution is -0.137. The van der Waals surface area contributed by atoms with Crippen molar-refractivity contribution in [3.05, 3.63) is 35.4 Å². The zero-order valence-corrected chi connectivity index (χ0v) is 11.8. The van der Waals surface area contributed by atoms with Crippen molar-refractivity contribution in [1.82, 2.24) is 0 Å². The first-order valence-corrected chi connectivity index (χ1v) is 7.21. The molecule has 0 spiro atoms. The summed E-state index contributed by atoms with van der Waals surface area (Å²) >= 11 is 0. The second-order valence-electron chi connectivity index (χ2n) is 6.26. The number of hydrogen-bond acceptors (Lipinski definition) is 1. The Balaban J connectivity index is 2.08. The molecule has 0 atom stereocenters. The molecular formula is C16H22F3N. The number of alkyl halides is 3. The molecule has 0 aliphatic heterocycles. The van der Waals surface area contributed by atoms with Gasteiger partial charge in [0, 0.05) is 0 Å². The summed E-state index contributed by atoms with van der Waals surface area (Å²) in [6.45, 7) is 2.86. The van der Waals surface area contributed by atoms with Gasteiger partial charge in [-0.1, -0.05) is 31.9 Å². The maximum atomic E-state index is 12.5. The van der Waals surface area contributed by atoms with Crippen molar-refractivity contribution in [3.63, 3.8) is 0 Å². The van der Waals surface area contributed by atoms with E-state index >= 15 is 0 Å². The number of halogens is 3. The third-order valence-electron chi connectivity index (χ3n) is 4.63. The summed E-state index contributed by atoms with van der Waals surface area (Å²) in [6, 6.07) is 5.53. The van der Waals surface area contributed by atoms with E-state index < -0.39 is 11.7 Å². The van der Waals surface area contributed by atoms with Crippen LogP contribution < -0.4 is 5.73 Å². The molecule has 112 valence electrons. The fourth-order valence-corrected chi connectivity index (χ4v) is 3.07. The van der Waals surface area contributed by atoms with E-state index in [1.54, 1.807) is 12.1 Å². The number of hydrogen-bond donors (Lipinski definition) is 1. The lowest BCUT2D eigenvalue weighted by Gasteiger charge is -2.39. The van der Waals surface area contributed by atoms with Crippen molar-refractivity contribution < 1.29 is 13.2 Å². The van der Waals surface area contributed by atoms with E-state index in [-0.39, 0.29) is 5.41 Å². The molecule has 0 heterocycles. The number of nitrogens with two attached hydrogens (primary N) is 1. The molecule has 1 aromatic carbocycles. The molecule has 0 amide bonds. The second-order valence-corrected chi connectivity index (χ2v) is 6.26. The average Bonchev–Trinajstić information content (AvgIpc) is 2.41. The highest BCUT2D eigenvalue weighted by Crippen LogP contribution is 2.41. The van der Waals surface area contributed by atoms with Crippen molar-refractivity contribution in [3.8, 4) is 0 Å². The Labute approximate surface area is 118 Å². The van der Waals surface area contributed by atoms with Crippen LogP contribution >= 0.6 is 0 Å². The topological polar surface area (TPSA) is 26.0 Å². The molecule has 1 aliphatic rings. The molecule has 20 heavy (non-hydrogen) atoms. The zero-order valence-electron chi connectivity index (χ0n) is 11.8. The standard InChI is InChI=1S/C16H22F3N/c1-12-6-8-15(11-20,9-7-12)10-13-2-4-14(5-3-13)16(17,18)19/h2-5,12H,6-11,20H2,1H3. The summed E-state index contributed by atoms with van der Waals surface area (Å²) in [5.41, 5.74) is 6.40. The molecule has 1 aromatic rings. The predicted octanol–water partition coefficient (Wildman–Crippen LogP) is 4.40. The summed E-state index contributed by atoms with van der Waals surface area (Å²) in [6.07, 6.45) is 1.01. The van der Waals surface area contributed by atoms with Gasteiger partial charge in [-0.2, -0.15) is 13.2 Å². The van der Waals surface area contributed by atoms with E-state index in [4.69, 9.17) is 5.73 Å². The molecule has 2 rings (SSSR count). The van der Waals surface area contributed by atoms with Gasteiger partial charge in [0.15, 0.2) is 0 Å². The molecule has 0 radical (unpaired) electrons. The van der Waals surface area contributed by atoms with Gasteiger partial charge < -0.3 is 5.73 Å². The Hall–Kier alpha value is -1.03. The first kappa shape index (κ1) is 15.4. The molecular weight excluding hydrogens is 263 g/mol. The molecule has 0 aromatic heterocycles. The first-order chi connectivity index (χ1) is 9.35.